The minimum Gasteiger partial charge on any atom is -0.495 e. The van der Waals surface area contributed by atoms with E-state index in [4.69, 9.17) is 18.9 Å². The molecule has 0 bridgehead atoms. The number of carbonyl (C=O) groups is 6. The maximum atomic E-state index is 13.1. The van der Waals surface area contributed by atoms with Crippen molar-refractivity contribution in [2.24, 2.45) is 0 Å². The zero-order valence-corrected chi connectivity index (χ0v) is 37.5. The Labute approximate surface area is 363 Å². The molecule has 62 heavy (non-hydrogen) atoms. The van der Waals surface area contributed by atoms with Crippen molar-refractivity contribution >= 4 is 57.4 Å². The fraction of sp³-hybridized carbons (Fsp3) is 0.522. The van der Waals surface area contributed by atoms with Crippen LogP contribution in [0.25, 0.3) is 21.8 Å². The maximum Gasteiger partial charge on any atom is 0.410 e. The van der Waals surface area contributed by atoms with Crippen molar-refractivity contribution in [1.29, 1.82) is 0 Å². The summed E-state index contributed by atoms with van der Waals surface area (Å²) in [5.41, 5.74) is 0.433. The van der Waals surface area contributed by atoms with Gasteiger partial charge in [-0.2, -0.15) is 0 Å². The smallest absolute Gasteiger partial charge is 0.410 e. The van der Waals surface area contributed by atoms with Crippen molar-refractivity contribution in [2.75, 3.05) is 53.5 Å². The van der Waals surface area contributed by atoms with Crippen LogP contribution in [0.3, 0.4) is 0 Å². The van der Waals surface area contributed by atoms with Gasteiger partial charge in [0.15, 0.2) is 0 Å². The quantitative estimate of drug-likeness (QED) is 0.0328. The lowest BCUT2D eigenvalue weighted by Gasteiger charge is -2.27. The van der Waals surface area contributed by atoms with Crippen LogP contribution < -0.4 is 20.1 Å². The van der Waals surface area contributed by atoms with E-state index in [9.17, 15) is 28.8 Å². The summed E-state index contributed by atoms with van der Waals surface area (Å²) in [5, 5.41) is 6.56. The van der Waals surface area contributed by atoms with Crippen molar-refractivity contribution < 1.29 is 47.7 Å². The normalized spacial score (nSPS) is 11.5. The molecule has 16 heteroatoms. The molecule has 2 aromatic carbocycles. The fourth-order valence-electron chi connectivity index (χ4n) is 6.87. The van der Waals surface area contributed by atoms with E-state index in [0.29, 0.717) is 72.3 Å². The number of amides is 4. The molecule has 0 atom stereocenters. The summed E-state index contributed by atoms with van der Waals surface area (Å²) in [6.07, 6.45) is 8.10. The van der Waals surface area contributed by atoms with Crippen molar-refractivity contribution in [3.05, 3.63) is 59.9 Å². The van der Waals surface area contributed by atoms with Crippen molar-refractivity contribution in [2.45, 2.75) is 104 Å². The average Bonchev–Trinajstić information content (AvgIpc) is 3.86. The SMILES string of the molecule is COc1cccc2c(C(=O)C(=O)NCCCN(CCCCCCCCN(CCCNC(=O)C(=O)c3c[nH]c4c(OC)cccc34)C(=O)OC(C)(C)C)C(=O)OC(C)(C)C)c[nH]c12. The highest BCUT2D eigenvalue weighted by molar-refractivity contribution is 6.45. The third-order valence-corrected chi connectivity index (χ3v) is 9.89. The van der Waals surface area contributed by atoms with Crippen LogP contribution >= 0.6 is 0 Å². The topological polar surface area (TPSA) is 201 Å². The van der Waals surface area contributed by atoms with E-state index in [-0.39, 0.29) is 24.2 Å². The summed E-state index contributed by atoms with van der Waals surface area (Å²) in [7, 11) is 3.07. The van der Waals surface area contributed by atoms with E-state index in [1.54, 1.807) is 46.2 Å². The molecule has 16 nitrogen and oxygen atoms in total. The van der Waals surface area contributed by atoms with Gasteiger partial charge in [-0.25, -0.2) is 9.59 Å². The zero-order valence-electron chi connectivity index (χ0n) is 37.5. The summed E-state index contributed by atoms with van der Waals surface area (Å²) < 4.78 is 22.0. The number of ether oxygens (including phenoxy) is 4. The Morgan fingerprint density at radius 3 is 1.24 bits per heavy atom. The van der Waals surface area contributed by atoms with Gasteiger partial charge in [0.2, 0.25) is 0 Å². The highest BCUT2D eigenvalue weighted by Gasteiger charge is 2.25. The molecular formula is C46H64N6O10. The number of H-pyrrole nitrogens is 2. The Bertz CT molecular complexity index is 2010. The van der Waals surface area contributed by atoms with Crippen LogP contribution in [-0.2, 0) is 19.1 Å². The Hall–Kier alpha value is -6.06. The number of ketones is 2. The van der Waals surface area contributed by atoms with Gasteiger partial charge in [0.1, 0.15) is 22.7 Å². The van der Waals surface area contributed by atoms with Crippen LogP contribution in [0.5, 0.6) is 11.5 Å². The molecule has 4 amide bonds. The van der Waals surface area contributed by atoms with E-state index in [0.717, 1.165) is 38.5 Å². The summed E-state index contributed by atoms with van der Waals surface area (Å²) in [6, 6.07) is 10.5. The maximum absolute atomic E-state index is 13.1. The Kier molecular flexibility index (Phi) is 17.8. The molecule has 4 N–H and O–H groups in total. The monoisotopic (exact) mass is 860 g/mol. The number of benzene rings is 2. The summed E-state index contributed by atoms with van der Waals surface area (Å²) in [4.78, 5) is 86.9. The standard InChI is InChI=1S/C46H64N6O10/c1-45(2,3)61-43(57)51(27-17-23-47-41(55)39(53)33-29-49-37-31(33)19-15-21-35(37)59-7)25-13-11-9-10-12-14-26-52(44(58)62-46(4,5)6)28-18-24-48-42(56)40(54)34-30-50-38-32(34)20-16-22-36(38)60-8/h15-16,19-22,29-30,49-50H,9-14,17-18,23-28H2,1-8H3,(H,47,55)(H,48,56). The molecule has 2 aromatic heterocycles. The number of nitrogens with zero attached hydrogens (tertiary/aromatic N) is 2. The number of aromatic nitrogens is 2. The number of aromatic amines is 2. The van der Waals surface area contributed by atoms with Crippen LogP contribution in [-0.4, -0.2) is 120 Å². The number of nitrogens with one attached hydrogen (secondary N) is 4. The lowest BCUT2D eigenvalue weighted by molar-refractivity contribution is -0.117. The van der Waals surface area contributed by atoms with Crippen LogP contribution in [0.2, 0.25) is 0 Å². The summed E-state index contributed by atoms with van der Waals surface area (Å²) >= 11 is 0. The number of fused-ring (bicyclic) bond motifs is 2. The number of carbonyl (C=O) groups excluding carboxylic acids is 6. The van der Waals surface area contributed by atoms with Crippen LogP contribution in [0, 0.1) is 0 Å². The molecule has 2 heterocycles. The number of Topliss-reactive ketones (excluding diaryl/α,β-unsaturated/α-hetero) is 2. The van der Waals surface area contributed by atoms with Crippen molar-refractivity contribution in [1.82, 2.24) is 30.4 Å². The lowest BCUT2D eigenvalue weighted by atomic mass is 10.1. The second-order valence-electron chi connectivity index (χ2n) is 17.1. The van der Waals surface area contributed by atoms with Crippen LogP contribution in [0.15, 0.2) is 48.8 Å². The van der Waals surface area contributed by atoms with Crippen LogP contribution in [0.4, 0.5) is 9.59 Å². The average molecular weight is 861 g/mol. The highest BCUT2D eigenvalue weighted by Crippen LogP contribution is 2.28. The van der Waals surface area contributed by atoms with E-state index >= 15 is 0 Å². The van der Waals surface area contributed by atoms with Gasteiger partial charge in [0.05, 0.1) is 36.4 Å². The van der Waals surface area contributed by atoms with Gasteiger partial charge in [-0.15, -0.1) is 0 Å². The Balaban J connectivity index is 1.17. The minimum absolute atomic E-state index is 0.201. The molecule has 0 saturated carbocycles. The third kappa shape index (κ3) is 14.3. The largest absolute Gasteiger partial charge is 0.495 e. The third-order valence-electron chi connectivity index (χ3n) is 9.89. The van der Waals surface area contributed by atoms with Crippen LogP contribution in [0.1, 0.15) is 114 Å². The van der Waals surface area contributed by atoms with Gasteiger partial charge in [-0.05, 0) is 79.4 Å². The van der Waals surface area contributed by atoms with Gasteiger partial charge in [0, 0.05) is 62.4 Å². The molecule has 0 unspecified atom stereocenters. The number of rotatable bonds is 23. The molecule has 0 fully saturated rings. The Morgan fingerprint density at radius 1 is 0.532 bits per heavy atom. The second-order valence-corrected chi connectivity index (χ2v) is 17.1. The van der Waals surface area contributed by atoms with Gasteiger partial charge >= 0.3 is 12.2 Å². The molecule has 0 aliphatic rings. The molecule has 4 rings (SSSR count). The molecule has 0 saturated heterocycles. The van der Waals surface area contributed by atoms with Gasteiger partial charge in [-0.3, -0.25) is 19.2 Å². The van der Waals surface area contributed by atoms with Gasteiger partial charge < -0.3 is 49.3 Å². The summed E-state index contributed by atoms with van der Waals surface area (Å²) in [5.74, 6) is -1.64. The van der Waals surface area contributed by atoms with E-state index in [2.05, 4.69) is 20.6 Å². The van der Waals surface area contributed by atoms with E-state index in [1.807, 2.05) is 41.5 Å². The first kappa shape index (κ1) is 48.6. The van der Waals surface area contributed by atoms with Crippen molar-refractivity contribution in [3.63, 3.8) is 0 Å². The Morgan fingerprint density at radius 2 is 0.887 bits per heavy atom. The highest BCUT2D eigenvalue weighted by atomic mass is 16.6. The number of hydrogen-bond donors (Lipinski definition) is 4. The fourth-order valence-corrected chi connectivity index (χ4v) is 6.87. The first-order valence-corrected chi connectivity index (χ1v) is 21.3. The summed E-state index contributed by atoms with van der Waals surface area (Å²) in [6.45, 7) is 12.9. The lowest BCUT2D eigenvalue weighted by Crippen LogP contribution is -2.39. The van der Waals surface area contributed by atoms with Crippen molar-refractivity contribution in [3.8, 4) is 11.5 Å². The molecule has 0 radical (unpaired) electrons. The predicted molar refractivity (Wildman–Crippen MR) is 237 cm³/mol. The molecule has 0 aliphatic heterocycles. The number of para-hydroxylation sites is 2. The van der Waals surface area contributed by atoms with Gasteiger partial charge in [-0.1, -0.05) is 49.9 Å². The van der Waals surface area contributed by atoms with Gasteiger partial charge in [0.25, 0.3) is 23.4 Å². The molecule has 0 spiro atoms. The second kappa shape index (κ2) is 22.7. The number of methoxy groups -OCH3 is 2. The molecule has 4 aromatic rings. The molecular weight excluding hydrogens is 797 g/mol. The zero-order chi connectivity index (χ0) is 45.5. The van der Waals surface area contributed by atoms with E-state index < -0.39 is 46.8 Å². The molecule has 0 aliphatic carbocycles. The first-order valence-electron chi connectivity index (χ1n) is 21.3. The number of hydrogen-bond acceptors (Lipinski definition) is 10. The number of unbranched alkanes of at least 4 members (excludes halogenated alkanes) is 5. The first-order chi connectivity index (χ1) is 29.4. The predicted octanol–water partition coefficient (Wildman–Crippen LogP) is 7.56. The molecule has 338 valence electrons. The van der Waals surface area contributed by atoms with E-state index in [1.165, 1.54) is 26.6 Å². The minimum atomic E-state index is -0.728.